The molecule has 1 rings (SSSR count). The van der Waals surface area contributed by atoms with Gasteiger partial charge >= 0.3 is 12.1 Å². The van der Waals surface area contributed by atoms with Gasteiger partial charge in [0.05, 0.1) is 0 Å². The van der Waals surface area contributed by atoms with E-state index >= 15 is 0 Å². The van der Waals surface area contributed by atoms with Gasteiger partial charge in [0.25, 0.3) is 0 Å². The van der Waals surface area contributed by atoms with Gasteiger partial charge in [0, 0.05) is 5.57 Å². The normalized spacial score (nSPS) is 20.4. The first kappa shape index (κ1) is 9.57. The maximum Gasteiger partial charge on any atom is 0.407 e. The molecular formula is C8H11NO4. The van der Waals surface area contributed by atoms with Crippen LogP contribution in [0.5, 0.6) is 0 Å². The van der Waals surface area contributed by atoms with Gasteiger partial charge in [-0.1, -0.05) is 6.58 Å². The van der Waals surface area contributed by atoms with Crippen molar-refractivity contribution >= 4 is 12.1 Å². The number of ether oxygens (including phenoxy) is 2. The third-order valence-corrected chi connectivity index (χ3v) is 1.50. The van der Waals surface area contributed by atoms with Crippen LogP contribution in [0.2, 0.25) is 0 Å². The van der Waals surface area contributed by atoms with E-state index in [9.17, 15) is 9.59 Å². The van der Waals surface area contributed by atoms with Crippen molar-refractivity contribution in [3.63, 3.8) is 0 Å². The highest BCUT2D eigenvalue weighted by Gasteiger charge is 2.23. The number of alkyl carbamates (subject to hydrolysis) is 1. The lowest BCUT2D eigenvalue weighted by Gasteiger charge is -2.07. The van der Waals surface area contributed by atoms with E-state index in [0.717, 1.165) is 0 Å². The maximum absolute atomic E-state index is 10.9. The van der Waals surface area contributed by atoms with Crippen molar-refractivity contribution in [3.8, 4) is 0 Å². The topological polar surface area (TPSA) is 64.6 Å². The predicted molar refractivity (Wildman–Crippen MR) is 44.0 cm³/mol. The minimum atomic E-state index is -0.476. The summed E-state index contributed by atoms with van der Waals surface area (Å²) in [6.45, 7) is 5.34. The summed E-state index contributed by atoms with van der Waals surface area (Å²) in [5, 5.41) is 2.48. The number of carbonyl (C=O) groups excluding carboxylic acids is 2. The van der Waals surface area contributed by atoms with E-state index in [-0.39, 0.29) is 19.3 Å². The average Bonchev–Trinajstić information content (AvgIpc) is 2.47. The van der Waals surface area contributed by atoms with E-state index in [2.05, 4.69) is 16.6 Å². The Morgan fingerprint density at radius 1 is 1.85 bits per heavy atom. The minimum absolute atomic E-state index is 0.122. The summed E-state index contributed by atoms with van der Waals surface area (Å²) in [7, 11) is 0. The smallest absolute Gasteiger partial charge is 0.407 e. The summed E-state index contributed by atoms with van der Waals surface area (Å²) in [5.41, 5.74) is 0.338. The van der Waals surface area contributed by atoms with Gasteiger partial charge in [-0.15, -0.1) is 0 Å². The Morgan fingerprint density at radius 3 is 3.00 bits per heavy atom. The van der Waals surface area contributed by atoms with Crippen LogP contribution in [0.3, 0.4) is 0 Å². The summed E-state index contributed by atoms with van der Waals surface area (Å²) in [6.07, 6.45) is -0.476. The zero-order valence-corrected chi connectivity index (χ0v) is 7.33. The Hall–Kier alpha value is -1.52. The maximum atomic E-state index is 10.9. The molecule has 0 aromatic carbocycles. The van der Waals surface area contributed by atoms with Crippen LogP contribution in [-0.2, 0) is 14.3 Å². The van der Waals surface area contributed by atoms with Crippen molar-refractivity contribution in [1.29, 1.82) is 0 Å². The summed E-state index contributed by atoms with van der Waals surface area (Å²) < 4.78 is 9.40. The first-order valence-electron chi connectivity index (χ1n) is 3.85. The molecule has 0 aromatic rings. The fraction of sp³-hybridized carbons (Fsp3) is 0.500. The number of hydrogen-bond acceptors (Lipinski definition) is 4. The van der Waals surface area contributed by atoms with Crippen molar-refractivity contribution in [2.75, 3.05) is 13.2 Å². The fourth-order valence-electron chi connectivity index (χ4n) is 0.816. The number of carbonyl (C=O) groups is 2. The molecule has 1 aliphatic rings. The van der Waals surface area contributed by atoms with Crippen molar-refractivity contribution in [3.05, 3.63) is 12.2 Å². The number of cyclic esters (lactones) is 1. The summed E-state index contributed by atoms with van der Waals surface area (Å²) in [4.78, 5) is 21.4. The second-order valence-corrected chi connectivity index (χ2v) is 2.82. The molecule has 0 radical (unpaired) electrons. The van der Waals surface area contributed by atoms with Crippen LogP contribution >= 0.6 is 0 Å². The van der Waals surface area contributed by atoms with Crippen molar-refractivity contribution in [2.24, 2.45) is 0 Å². The molecule has 0 spiro atoms. The number of nitrogens with one attached hydrogen (secondary N) is 1. The number of esters is 1. The molecule has 5 heteroatoms. The lowest BCUT2D eigenvalue weighted by Crippen LogP contribution is -2.31. The lowest BCUT2D eigenvalue weighted by atomic mass is 10.3. The highest BCUT2D eigenvalue weighted by molar-refractivity contribution is 5.86. The van der Waals surface area contributed by atoms with Gasteiger partial charge in [0.2, 0.25) is 0 Å². The van der Waals surface area contributed by atoms with Crippen LogP contribution in [-0.4, -0.2) is 31.3 Å². The SMILES string of the molecule is C=C(C)C(=O)OCC1COC(=O)N1. The predicted octanol–water partition coefficient (Wildman–Crippen LogP) is 0.214. The van der Waals surface area contributed by atoms with Crippen molar-refractivity contribution in [1.82, 2.24) is 5.32 Å². The molecule has 72 valence electrons. The molecule has 1 saturated heterocycles. The molecule has 0 aliphatic carbocycles. The second-order valence-electron chi connectivity index (χ2n) is 2.82. The molecule has 1 fully saturated rings. The number of amides is 1. The van der Waals surface area contributed by atoms with E-state index in [1.165, 1.54) is 0 Å². The molecule has 5 nitrogen and oxygen atoms in total. The lowest BCUT2D eigenvalue weighted by molar-refractivity contribution is -0.139. The summed E-state index contributed by atoms with van der Waals surface area (Å²) in [5.74, 6) is -0.457. The van der Waals surface area contributed by atoms with E-state index in [0.29, 0.717) is 5.57 Å². The monoisotopic (exact) mass is 185 g/mol. The summed E-state index contributed by atoms with van der Waals surface area (Å²) in [6, 6.07) is -0.240. The molecule has 1 amide bonds. The molecule has 1 heterocycles. The van der Waals surface area contributed by atoms with Crippen LogP contribution in [0, 0.1) is 0 Å². The Bertz CT molecular complexity index is 249. The van der Waals surface area contributed by atoms with E-state index in [4.69, 9.17) is 4.74 Å². The standard InChI is InChI=1S/C8H11NO4/c1-5(2)7(10)12-3-6-4-13-8(11)9-6/h6H,1,3-4H2,2H3,(H,9,11). The Balaban J connectivity index is 2.23. The molecule has 0 aromatic heterocycles. The van der Waals surface area contributed by atoms with Gasteiger partial charge in [-0.25, -0.2) is 9.59 Å². The third kappa shape index (κ3) is 2.77. The average molecular weight is 185 g/mol. The second kappa shape index (κ2) is 3.93. The Labute approximate surface area is 75.7 Å². The first-order valence-corrected chi connectivity index (χ1v) is 3.85. The quantitative estimate of drug-likeness (QED) is 0.504. The summed E-state index contributed by atoms with van der Waals surface area (Å²) >= 11 is 0. The zero-order chi connectivity index (χ0) is 9.84. The fourth-order valence-corrected chi connectivity index (χ4v) is 0.816. The highest BCUT2D eigenvalue weighted by Crippen LogP contribution is 2.00. The van der Waals surface area contributed by atoms with Crippen LogP contribution in [0.1, 0.15) is 6.92 Å². The minimum Gasteiger partial charge on any atom is -0.460 e. The van der Waals surface area contributed by atoms with Gasteiger partial charge in [-0.2, -0.15) is 0 Å². The molecule has 0 saturated carbocycles. The van der Waals surface area contributed by atoms with Gasteiger partial charge in [0.1, 0.15) is 19.3 Å². The Morgan fingerprint density at radius 2 is 2.54 bits per heavy atom. The molecular weight excluding hydrogens is 174 g/mol. The number of rotatable bonds is 3. The van der Waals surface area contributed by atoms with Gasteiger partial charge in [-0.05, 0) is 6.92 Å². The van der Waals surface area contributed by atoms with Crippen molar-refractivity contribution in [2.45, 2.75) is 13.0 Å². The first-order chi connectivity index (χ1) is 6.09. The van der Waals surface area contributed by atoms with Gasteiger partial charge in [0.15, 0.2) is 0 Å². The molecule has 0 bridgehead atoms. The molecule has 1 atom stereocenters. The van der Waals surface area contributed by atoms with Gasteiger partial charge < -0.3 is 14.8 Å². The highest BCUT2D eigenvalue weighted by atomic mass is 16.6. The zero-order valence-electron chi connectivity index (χ0n) is 7.33. The van der Waals surface area contributed by atoms with Crippen LogP contribution in [0.25, 0.3) is 0 Å². The van der Waals surface area contributed by atoms with Crippen LogP contribution in [0.4, 0.5) is 4.79 Å². The van der Waals surface area contributed by atoms with Crippen LogP contribution in [0.15, 0.2) is 12.2 Å². The molecule has 1 aliphatic heterocycles. The molecule has 13 heavy (non-hydrogen) atoms. The van der Waals surface area contributed by atoms with E-state index in [1.807, 2.05) is 0 Å². The number of hydrogen-bond donors (Lipinski definition) is 1. The van der Waals surface area contributed by atoms with Gasteiger partial charge in [-0.3, -0.25) is 0 Å². The Kier molecular flexibility index (Phi) is 2.89. The van der Waals surface area contributed by atoms with E-state index in [1.54, 1.807) is 6.92 Å². The third-order valence-electron chi connectivity index (χ3n) is 1.50. The largest absolute Gasteiger partial charge is 0.460 e. The van der Waals surface area contributed by atoms with E-state index < -0.39 is 12.1 Å². The molecule has 1 N–H and O–H groups in total. The van der Waals surface area contributed by atoms with Crippen LogP contribution < -0.4 is 5.32 Å². The van der Waals surface area contributed by atoms with Crippen molar-refractivity contribution < 1.29 is 19.1 Å². The molecule has 1 unspecified atom stereocenters.